The Balaban J connectivity index is 1.82. The van der Waals surface area contributed by atoms with Crippen molar-refractivity contribution in [3.05, 3.63) is 18.1 Å². The van der Waals surface area contributed by atoms with Crippen molar-refractivity contribution in [2.24, 2.45) is 5.92 Å². The molecule has 1 aromatic rings. The van der Waals surface area contributed by atoms with Gasteiger partial charge in [-0.05, 0) is 44.7 Å². The quantitative estimate of drug-likeness (QED) is 0.869. The van der Waals surface area contributed by atoms with E-state index in [-0.39, 0.29) is 0 Å². The summed E-state index contributed by atoms with van der Waals surface area (Å²) in [6.45, 7) is 4.22. The smallest absolute Gasteiger partial charge is 0.126 e. The van der Waals surface area contributed by atoms with Gasteiger partial charge in [-0.25, -0.2) is 9.97 Å². The van der Waals surface area contributed by atoms with E-state index in [1.54, 1.807) is 13.4 Å². The molecule has 106 valence electrons. The van der Waals surface area contributed by atoms with E-state index in [4.69, 9.17) is 10.5 Å². The molecular formula is C14H24N4O. The van der Waals surface area contributed by atoms with Crippen LogP contribution in [0.4, 0.5) is 5.82 Å². The van der Waals surface area contributed by atoms with Crippen molar-refractivity contribution in [1.29, 1.82) is 0 Å². The third kappa shape index (κ3) is 4.76. The van der Waals surface area contributed by atoms with Gasteiger partial charge in [0.15, 0.2) is 0 Å². The van der Waals surface area contributed by atoms with E-state index in [2.05, 4.69) is 14.9 Å². The zero-order chi connectivity index (χ0) is 13.5. The van der Waals surface area contributed by atoms with Crippen LogP contribution in [0.3, 0.4) is 0 Å². The average molecular weight is 264 g/mol. The molecule has 1 saturated heterocycles. The van der Waals surface area contributed by atoms with E-state index in [0.29, 0.717) is 11.7 Å². The van der Waals surface area contributed by atoms with Crippen LogP contribution in [0, 0.1) is 5.92 Å². The largest absolute Gasteiger partial charge is 0.384 e. The van der Waals surface area contributed by atoms with Crippen LogP contribution in [0.5, 0.6) is 0 Å². The summed E-state index contributed by atoms with van der Waals surface area (Å²) in [4.78, 5) is 10.7. The lowest BCUT2D eigenvalue weighted by Gasteiger charge is -2.19. The van der Waals surface area contributed by atoms with E-state index in [1.165, 1.54) is 25.8 Å². The van der Waals surface area contributed by atoms with Crippen molar-refractivity contribution >= 4 is 5.82 Å². The predicted molar refractivity (Wildman–Crippen MR) is 75.8 cm³/mol. The van der Waals surface area contributed by atoms with Crippen LogP contribution < -0.4 is 5.73 Å². The minimum Gasteiger partial charge on any atom is -0.384 e. The highest BCUT2D eigenvalue weighted by Gasteiger charge is 2.17. The first-order valence-electron chi connectivity index (χ1n) is 7.05. The summed E-state index contributed by atoms with van der Waals surface area (Å²) in [6.07, 6.45) is 6.34. The second-order valence-corrected chi connectivity index (χ2v) is 5.27. The molecule has 0 spiro atoms. The van der Waals surface area contributed by atoms with E-state index in [0.717, 1.165) is 31.8 Å². The van der Waals surface area contributed by atoms with Gasteiger partial charge in [-0.2, -0.15) is 0 Å². The molecule has 1 atom stereocenters. The molecule has 0 amide bonds. The molecule has 2 heterocycles. The predicted octanol–water partition coefficient (Wildman–Crippen LogP) is 1.35. The lowest BCUT2D eigenvalue weighted by atomic mass is 9.95. The Morgan fingerprint density at radius 2 is 2.26 bits per heavy atom. The molecule has 0 saturated carbocycles. The Kier molecular flexibility index (Phi) is 5.54. The number of nitrogen functional groups attached to an aromatic ring is 1. The first kappa shape index (κ1) is 14.2. The Bertz CT molecular complexity index is 385. The molecule has 1 aliphatic rings. The SMILES string of the molecule is COCCN1CCCC(Cc2cc(N)ncn2)CC1. The van der Waals surface area contributed by atoms with Crippen LogP contribution >= 0.6 is 0 Å². The molecule has 19 heavy (non-hydrogen) atoms. The second-order valence-electron chi connectivity index (χ2n) is 5.27. The summed E-state index contributed by atoms with van der Waals surface area (Å²) in [5, 5.41) is 0. The first-order valence-corrected chi connectivity index (χ1v) is 7.05. The molecule has 0 aromatic carbocycles. The monoisotopic (exact) mass is 264 g/mol. The number of hydrogen-bond acceptors (Lipinski definition) is 5. The van der Waals surface area contributed by atoms with Crippen LogP contribution in [0.25, 0.3) is 0 Å². The minimum atomic E-state index is 0.570. The normalized spacial score (nSPS) is 21.2. The molecule has 0 aliphatic carbocycles. The van der Waals surface area contributed by atoms with Crippen LogP contribution in [0.15, 0.2) is 12.4 Å². The van der Waals surface area contributed by atoms with Gasteiger partial charge in [0.2, 0.25) is 0 Å². The molecule has 2 N–H and O–H groups in total. The minimum absolute atomic E-state index is 0.570. The van der Waals surface area contributed by atoms with Crippen molar-refractivity contribution in [1.82, 2.24) is 14.9 Å². The first-order chi connectivity index (χ1) is 9.28. The number of ether oxygens (including phenoxy) is 1. The van der Waals surface area contributed by atoms with Gasteiger partial charge in [-0.1, -0.05) is 0 Å². The number of aromatic nitrogens is 2. The lowest BCUT2D eigenvalue weighted by molar-refractivity contribution is 0.149. The summed E-state index contributed by atoms with van der Waals surface area (Å²) in [6, 6.07) is 1.90. The standard InChI is InChI=1S/C14H24N4O/c1-19-8-7-18-5-2-3-12(4-6-18)9-13-10-14(15)17-11-16-13/h10-12H,2-9H2,1H3,(H2,15,16,17). The number of nitrogens with zero attached hydrogens (tertiary/aromatic N) is 3. The molecule has 1 fully saturated rings. The van der Waals surface area contributed by atoms with Crippen molar-refractivity contribution in [2.45, 2.75) is 25.7 Å². The van der Waals surface area contributed by atoms with Crippen LogP contribution in [-0.4, -0.2) is 48.2 Å². The zero-order valence-corrected chi connectivity index (χ0v) is 11.7. The fraction of sp³-hybridized carbons (Fsp3) is 0.714. The fourth-order valence-corrected chi connectivity index (χ4v) is 2.70. The summed E-state index contributed by atoms with van der Waals surface area (Å²) < 4.78 is 5.15. The molecule has 1 aliphatic heterocycles. The van der Waals surface area contributed by atoms with Crippen molar-refractivity contribution in [2.75, 3.05) is 39.1 Å². The van der Waals surface area contributed by atoms with Gasteiger partial charge < -0.3 is 15.4 Å². The highest BCUT2D eigenvalue weighted by atomic mass is 16.5. The summed E-state index contributed by atoms with van der Waals surface area (Å²) in [7, 11) is 1.76. The van der Waals surface area contributed by atoms with Gasteiger partial charge in [0.25, 0.3) is 0 Å². The van der Waals surface area contributed by atoms with Gasteiger partial charge in [0, 0.05) is 25.4 Å². The third-order valence-corrected chi connectivity index (χ3v) is 3.79. The maximum Gasteiger partial charge on any atom is 0.126 e. The summed E-state index contributed by atoms with van der Waals surface area (Å²) in [5.41, 5.74) is 6.77. The Labute approximate surface area is 115 Å². The molecule has 1 aromatic heterocycles. The fourth-order valence-electron chi connectivity index (χ4n) is 2.70. The highest BCUT2D eigenvalue weighted by Crippen LogP contribution is 2.21. The maximum atomic E-state index is 5.70. The number of anilines is 1. The van der Waals surface area contributed by atoms with Crippen LogP contribution in [-0.2, 0) is 11.2 Å². The molecule has 0 radical (unpaired) electrons. The van der Waals surface area contributed by atoms with E-state index >= 15 is 0 Å². The average Bonchev–Trinajstić information content (AvgIpc) is 2.62. The van der Waals surface area contributed by atoms with E-state index in [9.17, 15) is 0 Å². The molecule has 2 rings (SSSR count). The second kappa shape index (κ2) is 7.40. The molecule has 5 heteroatoms. The van der Waals surface area contributed by atoms with Crippen LogP contribution in [0.2, 0.25) is 0 Å². The van der Waals surface area contributed by atoms with Gasteiger partial charge in [0.1, 0.15) is 12.1 Å². The third-order valence-electron chi connectivity index (χ3n) is 3.79. The van der Waals surface area contributed by atoms with Gasteiger partial charge in [-0.3, -0.25) is 0 Å². The van der Waals surface area contributed by atoms with Crippen LogP contribution in [0.1, 0.15) is 25.0 Å². The lowest BCUT2D eigenvalue weighted by Crippen LogP contribution is -2.28. The van der Waals surface area contributed by atoms with Gasteiger partial charge in [-0.15, -0.1) is 0 Å². The number of methoxy groups -OCH3 is 1. The molecule has 0 bridgehead atoms. The Hall–Kier alpha value is -1.20. The van der Waals surface area contributed by atoms with Crippen molar-refractivity contribution < 1.29 is 4.74 Å². The molecule has 1 unspecified atom stereocenters. The summed E-state index contributed by atoms with van der Waals surface area (Å²) >= 11 is 0. The zero-order valence-electron chi connectivity index (χ0n) is 11.7. The van der Waals surface area contributed by atoms with Crippen molar-refractivity contribution in [3.63, 3.8) is 0 Å². The van der Waals surface area contributed by atoms with E-state index < -0.39 is 0 Å². The van der Waals surface area contributed by atoms with E-state index in [1.807, 2.05) is 6.07 Å². The molecule has 5 nitrogen and oxygen atoms in total. The topological polar surface area (TPSA) is 64.3 Å². The summed E-state index contributed by atoms with van der Waals surface area (Å²) in [5.74, 6) is 1.28. The number of nitrogens with two attached hydrogens (primary N) is 1. The van der Waals surface area contributed by atoms with Gasteiger partial charge >= 0.3 is 0 Å². The number of rotatable bonds is 5. The van der Waals surface area contributed by atoms with Crippen molar-refractivity contribution in [3.8, 4) is 0 Å². The Morgan fingerprint density at radius 1 is 1.37 bits per heavy atom. The highest BCUT2D eigenvalue weighted by molar-refractivity contribution is 5.27. The Morgan fingerprint density at radius 3 is 3.05 bits per heavy atom. The number of hydrogen-bond donors (Lipinski definition) is 1. The van der Waals surface area contributed by atoms with Gasteiger partial charge in [0.05, 0.1) is 6.61 Å². The maximum absolute atomic E-state index is 5.70. The number of likely N-dealkylation sites (tertiary alicyclic amines) is 1. The molecular weight excluding hydrogens is 240 g/mol.